The summed E-state index contributed by atoms with van der Waals surface area (Å²) in [7, 11) is 0. The standard InChI is InChI=1S/C16H23NO2/c1-3-7-15-11-17(10-13(15)2)16(18)19-12-14-8-5-4-6-9-14/h4-6,8-9,13,15H,3,7,10-12H2,1-2H3. The Labute approximate surface area is 115 Å². The van der Waals surface area contributed by atoms with E-state index in [9.17, 15) is 4.79 Å². The van der Waals surface area contributed by atoms with Gasteiger partial charge in [-0.15, -0.1) is 0 Å². The van der Waals surface area contributed by atoms with Crippen molar-refractivity contribution in [2.24, 2.45) is 11.8 Å². The first kappa shape index (κ1) is 13.9. The van der Waals surface area contributed by atoms with Crippen molar-refractivity contribution in [3.8, 4) is 0 Å². The second-order valence-electron chi connectivity index (χ2n) is 5.47. The molecule has 1 aliphatic heterocycles. The van der Waals surface area contributed by atoms with Crippen LogP contribution in [0.5, 0.6) is 0 Å². The first-order chi connectivity index (χ1) is 9.20. The van der Waals surface area contributed by atoms with Crippen molar-refractivity contribution < 1.29 is 9.53 Å². The van der Waals surface area contributed by atoms with Gasteiger partial charge in [0, 0.05) is 13.1 Å². The average Bonchev–Trinajstić information content (AvgIpc) is 2.79. The minimum atomic E-state index is -0.172. The van der Waals surface area contributed by atoms with Gasteiger partial charge in [-0.2, -0.15) is 0 Å². The molecule has 1 saturated heterocycles. The fraction of sp³-hybridized carbons (Fsp3) is 0.562. The van der Waals surface area contributed by atoms with E-state index in [-0.39, 0.29) is 6.09 Å². The largest absolute Gasteiger partial charge is 0.445 e. The van der Waals surface area contributed by atoms with Gasteiger partial charge in [0.1, 0.15) is 6.61 Å². The fourth-order valence-electron chi connectivity index (χ4n) is 2.74. The Balaban J connectivity index is 1.81. The van der Waals surface area contributed by atoms with Crippen molar-refractivity contribution in [2.75, 3.05) is 13.1 Å². The van der Waals surface area contributed by atoms with Crippen LogP contribution in [0.15, 0.2) is 30.3 Å². The number of ether oxygens (including phenoxy) is 1. The molecular formula is C16H23NO2. The van der Waals surface area contributed by atoms with E-state index in [1.54, 1.807) is 0 Å². The number of carbonyl (C=O) groups excluding carboxylic acids is 1. The SMILES string of the molecule is CCCC1CN(C(=O)OCc2ccccc2)CC1C. The Kier molecular flexibility index (Phi) is 4.83. The first-order valence-electron chi connectivity index (χ1n) is 7.16. The summed E-state index contributed by atoms with van der Waals surface area (Å²) in [4.78, 5) is 13.9. The highest BCUT2D eigenvalue weighted by Crippen LogP contribution is 2.27. The van der Waals surface area contributed by atoms with Gasteiger partial charge in [-0.25, -0.2) is 4.79 Å². The molecule has 0 bridgehead atoms. The zero-order valence-corrected chi connectivity index (χ0v) is 11.8. The number of hydrogen-bond acceptors (Lipinski definition) is 2. The van der Waals surface area contributed by atoms with Crippen molar-refractivity contribution in [1.82, 2.24) is 4.90 Å². The van der Waals surface area contributed by atoms with Gasteiger partial charge in [-0.05, 0) is 23.8 Å². The number of carbonyl (C=O) groups is 1. The minimum Gasteiger partial charge on any atom is -0.445 e. The van der Waals surface area contributed by atoms with Gasteiger partial charge < -0.3 is 9.64 Å². The van der Waals surface area contributed by atoms with Crippen molar-refractivity contribution in [2.45, 2.75) is 33.3 Å². The van der Waals surface area contributed by atoms with Crippen LogP contribution in [0.25, 0.3) is 0 Å². The van der Waals surface area contributed by atoms with Gasteiger partial charge in [0.15, 0.2) is 0 Å². The molecule has 1 heterocycles. The van der Waals surface area contributed by atoms with Crippen LogP contribution in [0.3, 0.4) is 0 Å². The lowest BCUT2D eigenvalue weighted by molar-refractivity contribution is 0.102. The predicted octanol–water partition coefficient (Wildman–Crippen LogP) is 3.69. The summed E-state index contributed by atoms with van der Waals surface area (Å²) < 4.78 is 5.37. The molecule has 1 aromatic rings. The maximum Gasteiger partial charge on any atom is 0.410 e. The maximum absolute atomic E-state index is 12.0. The molecular weight excluding hydrogens is 238 g/mol. The van der Waals surface area contributed by atoms with E-state index in [0.717, 1.165) is 18.7 Å². The van der Waals surface area contributed by atoms with Gasteiger partial charge in [0.25, 0.3) is 0 Å². The number of rotatable bonds is 4. The zero-order chi connectivity index (χ0) is 13.7. The molecule has 2 atom stereocenters. The second-order valence-corrected chi connectivity index (χ2v) is 5.47. The highest BCUT2D eigenvalue weighted by molar-refractivity contribution is 5.68. The van der Waals surface area contributed by atoms with Crippen molar-refractivity contribution in [3.63, 3.8) is 0 Å². The van der Waals surface area contributed by atoms with Crippen LogP contribution >= 0.6 is 0 Å². The van der Waals surface area contributed by atoms with Crippen LogP contribution < -0.4 is 0 Å². The Morgan fingerprint density at radius 2 is 2.05 bits per heavy atom. The normalized spacial score (nSPS) is 22.5. The van der Waals surface area contributed by atoms with E-state index in [4.69, 9.17) is 4.74 Å². The summed E-state index contributed by atoms with van der Waals surface area (Å²) in [6.45, 7) is 6.47. The lowest BCUT2D eigenvalue weighted by atomic mass is 9.94. The molecule has 104 valence electrons. The van der Waals surface area contributed by atoms with Gasteiger partial charge in [-0.1, -0.05) is 50.6 Å². The summed E-state index contributed by atoms with van der Waals surface area (Å²) >= 11 is 0. The van der Waals surface area contributed by atoms with E-state index in [1.165, 1.54) is 12.8 Å². The van der Waals surface area contributed by atoms with Crippen LogP contribution in [0.1, 0.15) is 32.3 Å². The Bertz CT molecular complexity index is 404. The first-order valence-corrected chi connectivity index (χ1v) is 7.16. The lowest BCUT2D eigenvalue weighted by Crippen LogP contribution is -2.29. The molecule has 19 heavy (non-hydrogen) atoms. The van der Waals surface area contributed by atoms with Crippen molar-refractivity contribution in [1.29, 1.82) is 0 Å². The third-order valence-electron chi connectivity index (χ3n) is 3.89. The molecule has 0 spiro atoms. The second kappa shape index (κ2) is 6.60. The number of likely N-dealkylation sites (tertiary alicyclic amines) is 1. The number of hydrogen-bond donors (Lipinski definition) is 0. The monoisotopic (exact) mass is 261 g/mol. The average molecular weight is 261 g/mol. The number of nitrogens with zero attached hydrogens (tertiary/aromatic N) is 1. The molecule has 1 aromatic carbocycles. The van der Waals surface area contributed by atoms with Gasteiger partial charge in [0.2, 0.25) is 0 Å². The molecule has 3 nitrogen and oxygen atoms in total. The molecule has 2 rings (SSSR count). The Morgan fingerprint density at radius 1 is 1.32 bits per heavy atom. The highest BCUT2D eigenvalue weighted by atomic mass is 16.6. The third kappa shape index (κ3) is 3.72. The van der Waals surface area contributed by atoms with E-state index >= 15 is 0 Å². The maximum atomic E-state index is 12.0. The van der Waals surface area contributed by atoms with E-state index in [1.807, 2.05) is 35.2 Å². The molecule has 2 unspecified atom stereocenters. The summed E-state index contributed by atoms with van der Waals surface area (Å²) in [5, 5.41) is 0. The predicted molar refractivity (Wildman–Crippen MR) is 75.8 cm³/mol. The Morgan fingerprint density at radius 3 is 2.74 bits per heavy atom. The van der Waals surface area contributed by atoms with Gasteiger partial charge in [0.05, 0.1) is 0 Å². The lowest BCUT2D eigenvalue weighted by Gasteiger charge is -2.16. The van der Waals surface area contributed by atoms with Crippen molar-refractivity contribution in [3.05, 3.63) is 35.9 Å². The molecule has 0 radical (unpaired) electrons. The Hall–Kier alpha value is -1.51. The van der Waals surface area contributed by atoms with Crippen LogP contribution in [0.4, 0.5) is 4.79 Å². The third-order valence-corrected chi connectivity index (χ3v) is 3.89. The molecule has 1 amide bonds. The number of amides is 1. The molecule has 0 aromatic heterocycles. The smallest absolute Gasteiger partial charge is 0.410 e. The van der Waals surface area contributed by atoms with Gasteiger partial charge in [-0.3, -0.25) is 0 Å². The van der Waals surface area contributed by atoms with Crippen LogP contribution in [-0.4, -0.2) is 24.1 Å². The zero-order valence-electron chi connectivity index (χ0n) is 11.8. The summed E-state index contributed by atoms with van der Waals surface area (Å²) in [5.41, 5.74) is 1.04. The molecule has 0 saturated carbocycles. The van der Waals surface area contributed by atoms with E-state index < -0.39 is 0 Å². The topological polar surface area (TPSA) is 29.5 Å². The van der Waals surface area contributed by atoms with Gasteiger partial charge >= 0.3 is 6.09 Å². The molecule has 1 aliphatic rings. The summed E-state index contributed by atoms with van der Waals surface area (Å²) in [6.07, 6.45) is 2.21. The molecule has 0 aliphatic carbocycles. The fourth-order valence-corrected chi connectivity index (χ4v) is 2.74. The van der Waals surface area contributed by atoms with Crippen LogP contribution in [0.2, 0.25) is 0 Å². The van der Waals surface area contributed by atoms with E-state index in [0.29, 0.717) is 18.4 Å². The van der Waals surface area contributed by atoms with E-state index in [2.05, 4.69) is 13.8 Å². The minimum absolute atomic E-state index is 0.172. The quantitative estimate of drug-likeness (QED) is 0.827. The molecule has 1 fully saturated rings. The van der Waals surface area contributed by atoms with Crippen molar-refractivity contribution >= 4 is 6.09 Å². The summed E-state index contributed by atoms with van der Waals surface area (Å²) in [5.74, 6) is 1.22. The highest BCUT2D eigenvalue weighted by Gasteiger charge is 2.32. The van der Waals surface area contributed by atoms with Crippen LogP contribution in [0, 0.1) is 11.8 Å². The number of benzene rings is 1. The summed E-state index contributed by atoms with van der Waals surface area (Å²) in [6, 6.07) is 9.82. The van der Waals surface area contributed by atoms with Crippen LogP contribution in [-0.2, 0) is 11.3 Å². The molecule has 3 heteroatoms. The molecule has 0 N–H and O–H groups in total.